The van der Waals surface area contributed by atoms with Crippen molar-refractivity contribution in [1.29, 1.82) is 0 Å². The van der Waals surface area contributed by atoms with Crippen LogP contribution < -0.4 is 5.73 Å². The Labute approximate surface area is 92.8 Å². The van der Waals surface area contributed by atoms with E-state index in [1.807, 2.05) is 0 Å². The van der Waals surface area contributed by atoms with Crippen molar-refractivity contribution in [3.63, 3.8) is 0 Å². The zero-order chi connectivity index (χ0) is 12.1. The molecule has 0 aliphatic heterocycles. The van der Waals surface area contributed by atoms with Crippen LogP contribution in [0.2, 0.25) is 0 Å². The molecule has 0 amide bonds. The second kappa shape index (κ2) is 5.27. The van der Waals surface area contributed by atoms with E-state index in [1.165, 1.54) is 12.1 Å². The number of rotatable bonds is 3. The number of ether oxygens (including phenoxy) is 1. The van der Waals surface area contributed by atoms with E-state index in [0.717, 1.165) is 12.5 Å². The number of phenolic OH excluding ortho intramolecular Hbond substituents is 1. The van der Waals surface area contributed by atoms with E-state index >= 15 is 0 Å². The molecule has 0 radical (unpaired) electrons. The highest BCUT2D eigenvalue weighted by Crippen LogP contribution is 2.11. The summed E-state index contributed by atoms with van der Waals surface area (Å²) >= 11 is 0. The van der Waals surface area contributed by atoms with Gasteiger partial charge in [-0.15, -0.1) is 0 Å². The lowest BCUT2D eigenvalue weighted by atomic mass is 10.1. The van der Waals surface area contributed by atoms with Crippen molar-refractivity contribution < 1.29 is 19.4 Å². The third-order valence-corrected chi connectivity index (χ3v) is 1.94. The minimum atomic E-state index is -0.881. The van der Waals surface area contributed by atoms with Crippen molar-refractivity contribution in [2.75, 3.05) is 0 Å². The minimum Gasteiger partial charge on any atom is -0.508 e. The van der Waals surface area contributed by atoms with Crippen LogP contribution in [0.5, 0.6) is 5.75 Å². The Bertz CT molecular complexity index is 385. The van der Waals surface area contributed by atoms with Gasteiger partial charge in [0.1, 0.15) is 11.8 Å². The van der Waals surface area contributed by atoms with Crippen LogP contribution >= 0.6 is 0 Å². The fourth-order valence-corrected chi connectivity index (χ4v) is 1.19. The first-order chi connectivity index (χ1) is 7.49. The molecule has 0 saturated heterocycles. The molecule has 1 aromatic carbocycles. The molecule has 1 rings (SSSR count). The van der Waals surface area contributed by atoms with Gasteiger partial charge in [0.05, 0.1) is 0 Å². The largest absolute Gasteiger partial charge is 0.508 e. The Morgan fingerprint density at radius 3 is 2.44 bits per heavy atom. The quantitative estimate of drug-likeness (QED) is 0.570. The molecular formula is C11H13NO4. The molecule has 0 heterocycles. The summed E-state index contributed by atoms with van der Waals surface area (Å²) in [6, 6.07) is 5.41. The van der Waals surface area contributed by atoms with Crippen LogP contribution in [0.25, 0.3) is 0 Å². The van der Waals surface area contributed by atoms with E-state index < -0.39 is 18.0 Å². The summed E-state index contributed by atoms with van der Waals surface area (Å²) in [4.78, 5) is 21.7. The average molecular weight is 223 g/mol. The monoisotopic (exact) mass is 223 g/mol. The highest BCUT2D eigenvalue weighted by atomic mass is 16.6. The smallest absolute Gasteiger partial charge is 0.330 e. The predicted molar refractivity (Wildman–Crippen MR) is 56.6 cm³/mol. The predicted octanol–water partition coefficient (Wildman–Crippen LogP) is 0.352. The van der Waals surface area contributed by atoms with Gasteiger partial charge >= 0.3 is 11.9 Å². The lowest BCUT2D eigenvalue weighted by molar-refractivity contribution is -0.159. The standard InChI is InChI=1S/C11H13NO4/c1-7(13)16-11(15)10(12)6-8-2-4-9(14)5-3-8/h2-5,10,14H,6,12H2,1H3. The summed E-state index contributed by atoms with van der Waals surface area (Å²) in [5.41, 5.74) is 6.33. The van der Waals surface area contributed by atoms with Gasteiger partial charge in [-0.2, -0.15) is 0 Å². The molecule has 5 nitrogen and oxygen atoms in total. The van der Waals surface area contributed by atoms with Crippen molar-refractivity contribution in [2.45, 2.75) is 19.4 Å². The van der Waals surface area contributed by atoms with Crippen LogP contribution in [-0.2, 0) is 20.7 Å². The number of aromatic hydroxyl groups is 1. The SMILES string of the molecule is CC(=O)OC(=O)C(N)Cc1ccc(O)cc1. The first-order valence-corrected chi connectivity index (χ1v) is 4.75. The number of hydrogen-bond acceptors (Lipinski definition) is 5. The normalized spacial score (nSPS) is 11.9. The molecule has 1 atom stereocenters. The molecule has 0 spiro atoms. The van der Waals surface area contributed by atoms with E-state index in [-0.39, 0.29) is 12.2 Å². The van der Waals surface area contributed by atoms with Crippen molar-refractivity contribution in [3.05, 3.63) is 29.8 Å². The fraction of sp³-hybridized carbons (Fsp3) is 0.273. The third-order valence-electron chi connectivity index (χ3n) is 1.94. The molecule has 0 aromatic heterocycles. The van der Waals surface area contributed by atoms with Gasteiger partial charge in [0.25, 0.3) is 0 Å². The van der Waals surface area contributed by atoms with Crippen molar-refractivity contribution in [2.24, 2.45) is 5.73 Å². The molecule has 1 aromatic rings. The van der Waals surface area contributed by atoms with Gasteiger partial charge in [0.2, 0.25) is 0 Å². The summed E-state index contributed by atoms with van der Waals surface area (Å²) in [5, 5.41) is 9.05. The number of phenols is 1. The maximum Gasteiger partial charge on any atom is 0.330 e. The van der Waals surface area contributed by atoms with Gasteiger partial charge in [0, 0.05) is 6.92 Å². The molecular weight excluding hydrogens is 210 g/mol. The van der Waals surface area contributed by atoms with Gasteiger partial charge in [-0.25, -0.2) is 4.79 Å². The summed E-state index contributed by atoms with van der Waals surface area (Å²) in [5.74, 6) is -1.28. The maximum absolute atomic E-state index is 11.2. The van der Waals surface area contributed by atoms with Gasteiger partial charge < -0.3 is 15.6 Å². The van der Waals surface area contributed by atoms with E-state index in [4.69, 9.17) is 10.8 Å². The Hall–Kier alpha value is -1.88. The van der Waals surface area contributed by atoms with E-state index in [0.29, 0.717) is 0 Å². The van der Waals surface area contributed by atoms with Crippen LogP contribution in [0.4, 0.5) is 0 Å². The Kier molecular flexibility index (Phi) is 4.02. The average Bonchev–Trinajstić information content (AvgIpc) is 2.20. The molecule has 0 fully saturated rings. The Morgan fingerprint density at radius 1 is 1.38 bits per heavy atom. The van der Waals surface area contributed by atoms with Crippen LogP contribution in [0.15, 0.2) is 24.3 Å². The maximum atomic E-state index is 11.2. The summed E-state index contributed by atoms with van der Waals surface area (Å²) in [7, 11) is 0. The van der Waals surface area contributed by atoms with Gasteiger partial charge in [-0.05, 0) is 24.1 Å². The van der Waals surface area contributed by atoms with Gasteiger partial charge in [-0.3, -0.25) is 4.79 Å². The lowest BCUT2D eigenvalue weighted by Gasteiger charge is -2.09. The number of nitrogens with two attached hydrogens (primary N) is 1. The second-order valence-corrected chi connectivity index (χ2v) is 3.39. The van der Waals surface area contributed by atoms with Crippen molar-refractivity contribution >= 4 is 11.9 Å². The molecule has 1 unspecified atom stereocenters. The van der Waals surface area contributed by atoms with Gasteiger partial charge in [0.15, 0.2) is 0 Å². The van der Waals surface area contributed by atoms with E-state index in [9.17, 15) is 9.59 Å². The van der Waals surface area contributed by atoms with E-state index in [2.05, 4.69) is 4.74 Å². The van der Waals surface area contributed by atoms with Crippen LogP contribution in [0.1, 0.15) is 12.5 Å². The highest BCUT2D eigenvalue weighted by molar-refractivity contribution is 5.87. The third kappa shape index (κ3) is 3.70. The topological polar surface area (TPSA) is 89.6 Å². The van der Waals surface area contributed by atoms with Crippen molar-refractivity contribution in [3.8, 4) is 5.75 Å². The molecule has 0 bridgehead atoms. The molecule has 86 valence electrons. The van der Waals surface area contributed by atoms with E-state index in [1.54, 1.807) is 12.1 Å². The highest BCUT2D eigenvalue weighted by Gasteiger charge is 2.17. The Balaban J connectivity index is 2.57. The number of carbonyl (C=O) groups is 2. The Morgan fingerprint density at radius 2 is 1.94 bits per heavy atom. The molecule has 16 heavy (non-hydrogen) atoms. The first kappa shape index (κ1) is 12.2. The summed E-state index contributed by atoms with van der Waals surface area (Å²) < 4.78 is 4.36. The molecule has 3 N–H and O–H groups in total. The summed E-state index contributed by atoms with van der Waals surface area (Å²) in [6.07, 6.45) is 0.256. The number of carbonyl (C=O) groups excluding carboxylic acids is 2. The summed E-state index contributed by atoms with van der Waals surface area (Å²) in [6.45, 7) is 1.14. The van der Waals surface area contributed by atoms with Gasteiger partial charge in [-0.1, -0.05) is 12.1 Å². The minimum absolute atomic E-state index is 0.142. The zero-order valence-electron chi connectivity index (χ0n) is 8.84. The number of esters is 2. The van der Waals surface area contributed by atoms with Crippen molar-refractivity contribution in [1.82, 2.24) is 0 Å². The molecule has 0 aliphatic carbocycles. The molecule has 0 saturated carbocycles. The number of benzene rings is 1. The molecule has 0 aliphatic rings. The van der Waals surface area contributed by atoms with Crippen LogP contribution in [0, 0.1) is 0 Å². The molecule has 5 heteroatoms. The van der Waals surface area contributed by atoms with Crippen LogP contribution in [-0.4, -0.2) is 23.1 Å². The number of hydrogen-bond donors (Lipinski definition) is 2. The zero-order valence-corrected chi connectivity index (χ0v) is 8.84. The first-order valence-electron chi connectivity index (χ1n) is 4.75. The fourth-order valence-electron chi connectivity index (χ4n) is 1.19. The lowest BCUT2D eigenvalue weighted by Crippen LogP contribution is -2.35. The van der Waals surface area contributed by atoms with Crippen LogP contribution in [0.3, 0.4) is 0 Å². The second-order valence-electron chi connectivity index (χ2n) is 3.39.